The lowest BCUT2D eigenvalue weighted by molar-refractivity contribution is -0.138. The Morgan fingerprint density at radius 1 is 0.963 bits per heavy atom. The highest BCUT2D eigenvalue weighted by atomic mass is 19.4. The van der Waals surface area contributed by atoms with Gasteiger partial charge >= 0.3 is 6.18 Å². The maximum atomic E-state index is 12.8. The zero-order valence-corrected chi connectivity index (χ0v) is 15.3. The predicted molar refractivity (Wildman–Crippen MR) is 103 cm³/mol. The van der Waals surface area contributed by atoms with E-state index in [2.05, 4.69) is 27.7 Å². The molecule has 0 aromatic heterocycles. The Morgan fingerprint density at radius 3 is 2.26 bits per heavy atom. The van der Waals surface area contributed by atoms with Gasteiger partial charge in [0, 0.05) is 50.9 Å². The minimum atomic E-state index is -4.12. The number of nitrogens with one attached hydrogen (secondary N) is 2. The molecule has 0 amide bonds. The molecule has 3 nitrogen and oxygen atoms in total. The lowest BCUT2D eigenvalue weighted by atomic mass is 9.99. The third-order valence-corrected chi connectivity index (χ3v) is 4.93. The Balaban J connectivity index is 1.66. The summed E-state index contributed by atoms with van der Waals surface area (Å²) in [4.78, 5) is 2.16. The number of anilines is 1. The first-order valence-corrected chi connectivity index (χ1v) is 9.40. The predicted octanol–water partition coefficient (Wildman–Crippen LogP) is 4.59. The number of nitrogens with zero attached hydrogens (tertiary/aromatic N) is 1. The van der Waals surface area contributed by atoms with Crippen molar-refractivity contribution in [2.75, 3.05) is 31.5 Å². The summed E-state index contributed by atoms with van der Waals surface area (Å²) in [5.41, 5.74) is 3.11. The summed E-state index contributed by atoms with van der Waals surface area (Å²) in [6.45, 7) is 3.90. The molecule has 2 aromatic carbocycles. The second-order valence-corrected chi connectivity index (χ2v) is 6.92. The summed E-state index contributed by atoms with van der Waals surface area (Å²) in [6.07, 6.45) is -4.78. The van der Waals surface area contributed by atoms with Crippen LogP contribution in [0.3, 0.4) is 0 Å². The van der Waals surface area contributed by atoms with Crippen molar-refractivity contribution in [2.24, 2.45) is 0 Å². The SMILES string of the molecule is FC(F)(F)CC[C@H](c1ccc(NCc2ccccc2)cc1)N1CCNCC1. The monoisotopic (exact) mass is 377 g/mol. The number of alkyl halides is 3. The molecule has 3 rings (SSSR count). The Morgan fingerprint density at radius 2 is 1.63 bits per heavy atom. The average molecular weight is 377 g/mol. The molecule has 0 aliphatic carbocycles. The third-order valence-electron chi connectivity index (χ3n) is 4.93. The Bertz CT molecular complexity index is 680. The minimum absolute atomic E-state index is 0.0975. The lowest BCUT2D eigenvalue weighted by Gasteiger charge is -2.35. The summed E-state index contributed by atoms with van der Waals surface area (Å²) in [6, 6.07) is 17.7. The van der Waals surface area contributed by atoms with Crippen LogP contribution in [0.25, 0.3) is 0 Å². The molecule has 1 saturated heterocycles. The van der Waals surface area contributed by atoms with E-state index in [0.717, 1.165) is 44.0 Å². The van der Waals surface area contributed by atoms with Crippen molar-refractivity contribution in [3.8, 4) is 0 Å². The molecule has 0 unspecified atom stereocenters. The third kappa shape index (κ3) is 6.26. The summed E-state index contributed by atoms with van der Waals surface area (Å²) in [7, 11) is 0. The van der Waals surface area contributed by atoms with Crippen LogP contribution in [0.1, 0.15) is 30.0 Å². The molecule has 146 valence electrons. The van der Waals surface area contributed by atoms with E-state index < -0.39 is 12.6 Å². The lowest BCUT2D eigenvalue weighted by Crippen LogP contribution is -2.45. The molecular weight excluding hydrogens is 351 g/mol. The van der Waals surface area contributed by atoms with Crippen molar-refractivity contribution in [1.29, 1.82) is 0 Å². The van der Waals surface area contributed by atoms with Crippen LogP contribution >= 0.6 is 0 Å². The molecule has 2 N–H and O–H groups in total. The van der Waals surface area contributed by atoms with Crippen LogP contribution < -0.4 is 10.6 Å². The molecule has 0 spiro atoms. The second kappa shape index (κ2) is 9.24. The van der Waals surface area contributed by atoms with E-state index in [-0.39, 0.29) is 12.5 Å². The molecule has 1 heterocycles. The van der Waals surface area contributed by atoms with Gasteiger partial charge in [-0.1, -0.05) is 42.5 Å². The van der Waals surface area contributed by atoms with Gasteiger partial charge in [-0.25, -0.2) is 0 Å². The number of halogens is 3. The van der Waals surface area contributed by atoms with Gasteiger partial charge in [0.05, 0.1) is 0 Å². The number of hydrogen-bond donors (Lipinski definition) is 2. The van der Waals surface area contributed by atoms with Crippen molar-refractivity contribution in [1.82, 2.24) is 10.2 Å². The minimum Gasteiger partial charge on any atom is -0.381 e. The number of rotatable bonds is 7. The average Bonchev–Trinajstić information content (AvgIpc) is 2.68. The van der Waals surface area contributed by atoms with Crippen LogP contribution in [0.2, 0.25) is 0 Å². The van der Waals surface area contributed by atoms with E-state index in [1.807, 2.05) is 42.5 Å². The summed E-state index contributed by atoms with van der Waals surface area (Å²) in [5.74, 6) is 0. The topological polar surface area (TPSA) is 27.3 Å². The Kier molecular flexibility index (Phi) is 6.74. The fourth-order valence-electron chi connectivity index (χ4n) is 3.48. The molecule has 0 saturated carbocycles. The smallest absolute Gasteiger partial charge is 0.381 e. The van der Waals surface area contributed by atoms with Crippen LogP contribution in [0.15, 0.2) is 54.6 Å². The van der Waals surface area contributed by atoms with Crippen molar-refractivity contribution >= 4 is 5.69 Å². The molecule has 1 aliphatic heterocycles. The number of hydrogen-bond acceptors (Lipinski definition) is 3. The largest absolute Gasteiger partial charge is 0.389 e. The van der Waals surface area contributed by atoms with E-state index in [4.69, 9.17) is 0 Å². The zero-order valence-electron chi connectivity index (χ0n) is 15.3. The molecule has 2 aromatic rings. The van der Waals surface area contributed by atoms with E-state index in [9.17, 15) is 13.2 Å². The van der Waals surface area contributed by atoms with Crippen LogP contribution in [0.5, 0.6) is 0 Å². The first-order valence-electron chi connectivity index (χ1n) is 9.40. The molecule has 1 aliphatic rings. The molecular formula is C21H26F3N3. The number of piperazine rings is 1. The van der Waals surface area contributed by atoms with E-state index in [1.165, 1.54) is 5.56 Å². The van der Waals surface area contributed by atoms with Gasteiger partial charge in [-0.05, 0) is 29.7 Å². The number of benzene rings is 2. The quantitative estimate of drug-likeness (QED) is 0.739. The standard InChI is InChI=1S/C21H26F3N3/c22-21(23,24)11-10-20(27-14-12-25-13-15-27)18-6-8-19(9-7-18)26-16-17-4-2-1-3-5-17/h1-9,20,25-26H,10-16H2/t20-/m1/s1. The van der Waals surface area contributed by atoms with Gasteiger partial charge in [-0.2, -0.15) is 13.2 Å². The van der Waals surface area contributed by atoms with Gasteiger partial charge in [-0.15, -0.1) is 0 Å². The molecule has 1 fully saturated rings. The highest BCUT2D eigenvalue weighted by Gasteiger charge is 2.31. The fourth-order valence-corrected chi connectivity index (χ4v) is 3.48. The Hall–Kier alpha value is -2.05. The second-order valence-electron chi connectivity index (χ2n) is 6.92. The van der Waals surface area contributed by atoms with Gasteiger partial charge in [0.15, 0.2) is 0 Å². The maximum Gasteiger partial charge on any atom is 0.389 e. The molecule has 0 radical (unpaired) electrons. The summed E-state index contributed by atoms with van der Waals surface area (Å²) in [5, 5.41) is 6.62. The molecule has 6 heteroatoms. The van der Waals surface area contributed by atoms with E-state index in [0.29, 0.717) is 0 Å². The van der Waals surface area contributed by atoms with Crippen LogP contribution in [0.4, 0.5) is 18.9 Å². The van der Waals surface area contributed by atoms with Crippen LogP contribution in [-0.4, -0.2) is 37.3 Å². The van der Waals surface area contributed by atoms with Crippen LogP contribution in [0, 0.1) is 0 Å². The van der Waals surface area contributed by atoms with Gasteiger partial charge in [0.2, 0.25) is 0 Å². The van der Waals surface area contributed by atoms with Crippen molar-refractivity contribution in [2.45, 2.75) is 31.6 Å². The Labute approximate surface area is 158 Å². The zero-order chi connectivity index (χ0) is 19.1. The summed E-state index contributed by atoms with van der Waals surface area (Å²) < 4.78 is 38.4. The fraction of sp³-hybridized carbons (Fsp3) is 0.429. The van der Waals surface area contributed by atoms with E-state index >= 15 is 0 Å². The van der Waals surface area contributed by atoms with E-state index in [1.54, 1.807) is 0 Å². The van der Waals surface area contributed by atoms with Crippen LogP contribution in [-0.2, 0) is 6.54 Å². The first kappa shape index (κ1) is 19.7. The normalized spacial score (nSPS) is 16.9. The molecule has 27 heavy (non-hydrogen) atoms. The van der Waals surface area contributed by atoms with Gasteiger partial charge < -0.3 is 10.6 Å². The van der Waals surface area contributed by atoms with Gasteiger partial charge in [-0.3, -0.25) is 4.90 Å². The van der Waals surface area contributed by atoms with Crippen molar-refractivity contribution < 1.29 is 13.2 Å². The molecule has 0 bridgehead atoms. The molecule has 1 atom stereocenters. The van der Waals surface area contributed by atoms with Gasteiger partial charge in [0.25, 0.3) is 0 Å². The van der Waals surface area contributed by atoms with Crippen molar-refractivity contribution in [3.05, 3.63) is 65.7 Å². The first-order chi connectivity index (χ1) is 13.0. The highest BCUT2D eigenvalue weighted by molar-refractivity contribution is 5.45. The van der Waals surface area contributed by atoms with Crippen molar-refractivity contribution in [3.63, 3.8) is 0 Å². The highest BCUT2D eigenvalue weighted by Crippen LogP contribution is 2.32. The van der Waals surface area contributed by atoms with Gasteiger partial charge in [0.1, 0.15) is 0 Å². The summed E-state index contributed by atoms with van der Waals surface area (Å²) >= 11 is 0. The maximum absolute atomic E-state index is 12.8.